The minimum absolute atomic E-state index is 0.642. The summed E-state index contributed by atoms with van der Waals surface area (Å²) < 4.78 is 4.69. The van der Waals surface area contributed by atoms with Crippen LogP contribution in [-0.2, 0) is 0 Å². The van der Waals surface area contributed by atoms with E-state index in [1.165, 1.54) is 49.3 Å². The minimum atomic E-state index is 0.642. The summed E-state index contributed by atoms with van der Waals surface area (Å²) in [7, 11) is 0. The van der Waals surface area contributed by atoms with Crippen molar-refractivity contribution in [3.8, 4) is 33.6 Å². The van der Waals surface area contributed by atoms with E-state index in [9.17, 15) is 0 Å². The molecule has 2 aromatic heterocycles. The highest BCUT2D eigenvalue weighted by atomic mass is 15.0. The number of nitrogens with zero attached hydrogens (tertiary/aromatic N) is 3. The van der Waals surface area contributed by atoms with Gasteiger partial charge in [0.25, 0.3) is 0 Å². The van der Waals surface area contributed by atoms with Crippen LogP contribution < -0.4 is 0 Å². The maximum absolute atomic E-state index is 7.40. The Labute approximate surface area is 266 Å². The van der Waals surface area contributed by atoms with Gasteiger partial charge >= 0.3 is 0 Å². The molecule has 0 aliphatic rings. The lowest BCUT2D eigenvalue weighted by Gasteiger charge is -2.10. The molecule has 0 saturated heterocycles. The Balaban J connectivity index is 1.28. The quantitative estimate of drug-likeness (QED) is 0.182. The zero-order valence-corrected chi connectivity index (χ0v) is 24.9. The third kappa shape index (κ3) is 4.05. The molecule has 9 aromatic rings. The Morgan fingerprint density at radius 1 is 0.348 bits per heavy atom. The minimum Gasteiger partial charge on any atom is -0.309 e. The van der Waals surface area contributed by atoms with E-state index in [0.717, 1.165) is 28.0 Å². The summed E-state index contributed by atoms with van der Waals surface area (Å²) in [6.07, 6.45) is 0. The Morgan fingerprint density at radius 3 is 1.54 bits per heavy atom. The Kier molecular flexibility index (Phi) is 5.88. The average Bonchev–Trinajstić information content (AvgIpc) is 3.64. The van der Waals surface area contributed by atoms with E-state index in [1.54, 1.807) is 0 Å². The number of hydrogen-bond acceptors (Lipinski definition) is 0. The van der Waals surface area contributed by atoms with Crippen molar-refractivity contribution in [3.05, 3.63) is 175 Å². The van der Waals surface area contributed by atoms with Crippen LogP contribution in [0.1, 0.15) is 0 Å². The molecular formula is C43H27N3. The normalized spacial score (nSPS) is 11.5. The molecule has 0 fully saturated rings. The SMILES string of the molecule is [C-]#[N+]c1ccc(-n2c3ccccc3c3ccc(-c4ccc5c(c4)c4cc(-c6ccccc6)ccc4n5-c4ccccc4)cc32)cc1. The summed E-state index contributed by atoms with van der Waals surface area (Å²) in [5.41, 5.74) is 12.3. The van der Waals surface area contributed by atoms with Crippen molar-refractivity contribution in [3.63, 3.8) is 0 Å². The van der Waals surface area contributed by atoms with Gasteiger partial charge in [-0.3, -0.25) is 0 Å². The summed E-state index contributed by atoms with van der Waals surface area (Å²) >= 11 is 0. The number of aromatic nitrogens is 2. The van der Waals surface area contributed by atoms with Crippen LogP contribution in [0.25, 0.3) is 82.1 Å². The lowest BCUT2D eigenvalue weighted by atomic mass is 9.99. The Morgan fingerprint density at radius 2 is 0.848 bits per heavy atom. The summed E-state index contributed by atoms with van der Waals surface area (Å²) in [5.74, 6) is 0. The molecule has 0 amide bonds. The van der Waals surface area contributed by atoms with Gasteiger partial charge in [0.1, 0.15) is 0 Å². The molecule has 0 N–H and O–H groups in total. The largest absolute Gasteiger partial charge is 0.309 e. The molecule has 2 heterocycles. The smallest absolute Gasteiger partial charge is 0.187 e. The lowest BCUT2D eigenvalue weighted by Crippen LogP contribution is -1.93. The van der Waals surface area contributed by atoms with E-state index in [0.29, 0.717) is 5.69 Å². The van der Waals surface area contributed by atoms with Gasteiger partial charge in [-0.15, -0.1) is 0 Å². The monoisotopic (exact) mass is 585 g/mol. The number of rotatable bonds is 4. The van der Waals surface area contributed by atoms with Crippen molar-refractivity contribution in [2.75, 3.05) is 0 Å². The van der Waals surface area contributed by atoms with Gasteiger partial charge in [0.05, 0.1) is 28.6 Å². The highest BCUT2D eigenvalue weighted by Crippen LogP contribution is 2.39. The third-order valence-corrected chi connectivity index (χ3v) is 9.13. The van der Waals surface area contributed by atoms with Crippen molar-refractivity contribution in [1.29, 1.82) is 0 Å². The van der Waals surface area contributed by atoms with Crippen molar-refractivity contribution < 1.29 is 0 Å². The van der Waals surface area contributed by atoms with Crippen molar-refractivity contribution in [1.82, 2.24) is 9.13 Å². The number of para-hydroxylation sites is 2. The molecule has 0 spiro atoms. The summed E-state index contributed by atoms with van der Waals surface area (Å²) in [5, 5.41) is 4.89. The molecule has 0 bridgehead atoms. The first-order valence-corrected chi connectivity index (χ1v) is 15.5. The van der Waals surface area contributed by atoms with Crippen LogP contribution in [0.5, 0.6) is 0 Å². The Bertz CT molecular complexity index is 2620. The zero-order valence-electron chi connectivity index (χ0n) is 24.9. The van der Waals surface area contributed by atoms with Crippen molar-refractivity contribution >= 4 is 49.3 Å². The second-order valence-electron chi connectivity index (χ2n) is 11.7. The van der Waals surface area contributed by atoms with E-state index >= 15 is 0 Å². The van der Waals surface area contributed by atoms with Gasteiger partial charge in [0.2, 0.25) is 0 Å². The fraction of sp³-hybridized carbons (Fsp3) is 0. The van der Waals surface area contributed by atoms with Gasteiger partial charge in [0, 0.05) is 32.9 Å². The van der Waals surface area contributed by atoms with Gasteiger partial charge < -0.3 is 9.13 Å². The van der Waals surface area contributed by atoms with E-state index < -0.39 is 0 Å². The van der Waals surface area contributed by atoms with Crippen LogP contribution in [0.2, 0.25) is 0 Å². The van der Waals surface area contributed by atoms with Crippen LogP contribution in [0.4, 0.5) is 5.69 Å². The first kappa shape index (κ1) is 26.1. The topological polar surface area (TPSA) is 14.2 Å². The van der Waals surface area contributed by atoms with Gasteiger partial charge in [-0.05, 0) is 82.9 Å². The maximum atomic E-state index is 7.40. The standard InChI is InChI=1S/C43H27N3/c1-44-33-19-21-35(22-20-33)46-40-15-9-8-14-36(40)37-23-16-32(28-43(37)46)31-18-25-42-39(27-31)38-26-30(29-10-4-2-5-11-29)17-24-41(38)45(42)34-12-6-3-7-13-34/h2-28H. The maximum Gasteiger partial charge on any atom is 0.187 e. The molecule has 0 atom stereocenters. The van der Waals surface area contributed by atoms with Crippen LogP contribution in [-0.4, -0.2) is 9.13 Å². The highest BCUT2D eigenvalue weighted by Gasteiger charge is 2.16. The predicted octanol–water partition coefficient (Wildman–Crippen LogP) is 11.8. The average molecular weight is 586 g/mol. The highest BCUT2D eigenvalue weighted by molar-refractivity contribution is 6.13. The van der Waals surface area contributed by atoms with Gasteiger partial charge in [0.15, 0.2) is 5.69 Å². The second kappa shape index (κ2) is 10.4. The number of benzene rings is 7. The molecule has 3 heteroatoms. The molecule has 7 aromatic carbocycles. The van der Waals surface area contributed by atoms with E-state index in [2.05, 4.69) is 154 Å². The summed E-state index contributed by atoms with van der Waals surface area (Å²) in [6, 6.07) is 58.2. The predicted molar refractivity (Wildman–Crippen MR) is 192 cm³/mol. The van der Waals surface area contributed by atoms with Gasteiger partial charge in [-0.1, -0.05) is 103 Å². The van der Waals surface area contributed by atoms with Crippen LogP contribution in [0.15, 0.2) is 164 Å². The first-order valence-electron chi connectivity index (χ1n) is 15.5. The van der Waals surface area contributed by atoms with Crippen molar-refractivity contribution in [2.45, 2.75) is 0 Å². The molecule has 0 unspecified atom stereocenters. The first-order chi connectivity index (χ1) is 22.8. The summed E-state index contributed by atoms with van der Waals surface area (Å²) in [6.45, 7) is 7.40. The Hall–Kier alpha value is -6.37. The number of fused-ring (bicyclic) bond motifs is 6. The molecule has 0 aliphatic heterocycles. The molecule has 0 radical (unpaired) electrons. The van der Waals surface area contributed by atoms with Gasteiger partial charge in [-0.25, -0.2) is 4.85 Å². The van der Waals surface area contributed by atoms with E-state index in [-0.39, 0.29) is 0 Å². The fourth-order valence-electron chi connectivity index (χ4n) is 6.97. The molecule has 46 heavy (non-hydrogen) atoms. The van der Waals surface area contributed by atoms with Crippen molar-refractivity contribution in [2.24, 2.45) is 0 Å². The molecule has 0 saturated carbocycles. The molecule has 0 aliphatic carbocycles. The second-order valence-corrected chi connectivity index (χ2v) is 11.7. The molecular weight excluding hydrogens is 558 g/mol. The third-order valence-electron chi connectivity index (χ3n) is 9.13. The van der Waals surface area contributed by atoms with Crippen LogP contribution in [0.3, 0.4) is 0 Å². The summed E-state index contributed by atoms with van der Waals surface area (Å²) in [4.78, 5) is 3.60. The lowest BCUT2D eigenvalue weighted by molar-refractivity contribution is 1.18. The fourth-order valence-corrected chi connectivity index (χ4v) is 6.97. The van der Waals surface area contributed by atoms with Gasteiger partial charge in [-0.2, -0.15) is 0 Å². The molecule has 9 rings (SSSR count). The molecule has 214 valence electrons. The molecule has 3 nitrogen and oxygen atoms in total. The number of hydrogen-bond donors (Lipinski definition) is 0. The van der Waals surface area contributed by atoms with E-state index in [4.69, 9.17) is 6.57 Å². The van der Waals surface area contributed by atoms with Crippen LogP contribution >= 0.6 is 0 Å². The van der Waals surface area contributed by atoms with E-state index in [1.807, 2.05) is 24.3 Å². The van der Waals surface area contributed by atoms with Crippen LogP contribution in [0, 0.1) is 6.57 Å². The zero-order chi connectivity index (χ0) is 30.6.